The number of oxazole rings is 1. The minimum atomic E-state index is 0.399. The van der Waals surface area contributed by atoms with Crippen LogP contribution in [-0.4, -0.2) is 19.7 Å². The van der Waals surface area contributed by atoms with E-state index in [-0.39, 0.29) is 0 Å². The lowest BCUT2D eigenvalue weighted by Gasteiger charge is -1.97. The van der Waals surface area contributed by atoms with Crippen LogP contribution in [0.1, 0.15) is 17.1 Å². The van der Waals surface area contributed by atoms with Gasteiger partial charge in [0.05, 0.1) is 5.69 Å². The van der Waals surface area contributed by atoms with Crippen molar-refractivity contribution in [3.63, 3.8) is 0 Å². The fourth-order valence-electron chi connectivity index (χ4n) is 2.59. The molecule has 3 heterocycles. The average Bonchev–Trinajstić information content (AvgIpc) is 3.09. The zero-order chi connectivity index (χ0) is 16.0. The fourth-order valence-corrected chi connectivity index (χ4v) is 2.79. The number of aromatic nitrogens is 4. The number of nitrogens with zero attached hydrogens (tertiary/aromatic N) is 4. The van der Waals surface area contributed by atoms with Gasteiger partial charge in [0.15, 0.2) is 11.2 Å². The van der Waals surface area contributed by atoms with E-state index in [1.54, 1.807) is 17.0 Å². The highest BCUT2D eigenvalue weighted by atomic mass is 35.5. The van der Waals surface area contributed by atoms with Crippen LogP contribution in [-0.2, 0) is 7.05 Å². The third kappa shape index (κ3) is 2.39. The van der Waals surface area contributed by atoms with Gasteiger partial charge < -0.3 is 4.42 Å². The van der Waals surface area contributed by atoms with Crippen LogP contribution >= 0.6 is 11.6 Å². The summed E-state index contributed by atoms with van der Waals surface area (Å²) in [4.78, 5) is 8.83. The Balaban J connectivity index is 1.77. The molecular weight excluding hydrogens is 312 g/mol. The van der Waals surface area contributed by atoms with Gasteiger partial charge in [0, 0.05) is 18.6 Å². The molecule has 3 aromatic heterocycles. The van der Waals surface area contributed by atoms with Crippen molar-refractivity contribution in [2.75, 3.05) is 0 Å². The number of fused-ring (bicyclic) bond motifs is 2. The Hall–Kier alpha value is -2.66. The van der Waals surface area contributed by atoms with Crippen LogP contribution in [0.3, 0.4) is 0 Å². The molecule has 0 radical (unpaired) electrons. The van der Waals surface area contributed by atoms with E-state index in [2.05, 4.69) is 15.1 Å². The Bertz CT molecular complexity index is 1030. The molecule has 4 rings (SSSR count). The molecule has 0 bridgehead atoms. The van der Waals surface area contributed by atoms with E-state index in [0.29, 0.717) is 16.5 Å². The highest BCUT2D eigenvalue weighted by Gasteiger charge is 2.10. The van der Waals surface area contributed by atoms with Crippen LogP contribution in [0.4, 0.5) is 0 Å². The number of hydrogen-bond acceptors (Lipinski definition) is 4. The highest BCUT2D eigenvalue weighted by molar-refractivity contribution is 6.50. The molecule has 0 unspecified atom stereocenters. The van der Waals surface area contributed by atoms with Crippen molar-refractivity contribution >= 4 is 44.8 Å². The minimum Gasteiger partial charge on any atom is -0.435 e. The molecule has 114 valence electrons. The van der Waals surface area contributed by atoms with Crippen LogP contribution in [0.25, 0.3) is 33.2 Å². The van der Waals surface area contributed by atoms with E-state index >= 15 is 0 Å². The Morgan fingerprint density at radius 3 is 2.96 bits per heavy atom. The van der Waals surface area contributed by atoms with E-state index in [9.17, 15) is 0 Å². The first kappa shape index (κ1) is 14.0. The summed E-state index contributed by atoms with van der Waals surface area (Å²) in [5, 5.41) is 5.80. The fraction of sp³-hybridized carbons (Fsp3) is 0.118. The van der Waals surface area contributed by atoms with Crippen LogP contribution in [0.5, 0.6) is 0 Å². The lowest BCUT2D eigenvalue weighted by atomic mass is 10.2. The second-order valence-corrected chi connectivity index (χ2v) is 5.74. The molecule has 23 heavy (non-hydrogen) atoms. The van der Waals surface area contributed by atoms with Gasteiger partial charge in [0.1, 0.15) is 10.5 Å². The van der Waals surface area contributed by atoms with E-state index < -0.39 is 0 Å². The van der Waals surface area contributed by atoms with Crippen molar-refractivity contribution in [3.05, 3.63) is 53.7 Å². The van der Waals surface area contributed by atoms with Crippen LogP contribution < -0.4 is 0 Å². The molecule has 0 fully saturated rings. The maximum absolute atomic E-state index is 6.36. The summed E-state index contributed by atoms with van der Waals surface area (Å²) < 4.78 is 7.43. The lowest BCUT2D eigenvalue weighted by molar-refractivity contribution is 0.588. The number of para-hydroxylation sites is 2. The molecule has 0 aliphatic carbocycles. The maximum atomic E-state index is 6.36. The molecule has 0 saturated heterocycles. The van der Waals surface area contributed by atoms with E-state index in [1.165, 1.54) is 0 Å². The van der Waals surface area contributed by atoms with E-state index in [0.717, 1.165) is 27.8 Å². The Labute approximate surface area is 137 Å². The molecule has 0 amide bonds. The maximum Gasteiger partial charge on any atom is 0.238 e. The summed E-state index contributed by atoms with van der Waals surface area (Å²) in [7, 11) is 1.88. The Morgan fingerprint density at radius 1 is 1.30 bits per heavy atom. The molecule has 0 saturated carbocycles. The van der Waals surface area contributed by atoms with Crippen molar-refractivity contribution in [2.24, 2.45) is 7.05 Å². The van der Waals surface area contributed by atoms with Crippen molar-refractivity contribution in [1.29, 1.82) is 0 Å². The van der Waals surface area contributed by atoms with Crippen molar-refractivity contribution in [1.82, 2.24) is 19.7 Å². The van der Waals surface area contributed by atoms with Gasteiger partial charge in [-0.1, -0.05) is 23.7 Å². The normalized spacial score (nSPS) is 12.4. The van der Waals surface area contributed by atoms with Crippen LogP contribution in [0.15, 0.2) is 40.9 Å². The van der Waals surface area contributed by atoms with Crippen LogP contribution in [0, 0.1) is 6.92 Å². The molecule has 0 aliphatic rings. The third-order valence-corrected chi connectivity index (χ3v) is 3.95. The van der Waals surface area contributed by atoms with Gasteiger partial charge in [-0.3, -0.25) is 4.68 Å². The first-order valence-corrected chi connectivity index (χ1v) is 7.52. The Kier molecular flexibility index (Phi) is 3.16. The van der Waals surface area contributed by atoms with Gasteiger partial charge in [-0.25, -0.2) is 9.97 Å². The number of aryl methyl sites for hydroxylation is 2. The quantitative estimate of drug-likeness (QED) is 0.555. The van der Waals surface area contributed by atoms with Gasteiger partial charge in [0.2, 0.25) is 5.89 Å². The third-order valence-electron chi connectivity index (χ3n) is 3.68. The lowest BCUT2D eigenvalue weighted by Crippen LogP contribution is -1.91. The van der Waals surface area contributed by atoms with Gasteiger partial charge in [-0.2, -0.15) is 5.10 Å². The summed E-state index contributed by atoms with van der Waals surface area (Å²) in [5.41, 5.74) is 4.15. The van der Waals surface area contributed by atoms with Gasteiger partial charge in [-0.05, 0) is 36.8 Å². The predicted octanol–water partition coefficient (Wildman–Crippen LogP) is 4.15. The zero-order valence-corrected chi connectivity index (χ0v) is 13.4. The number of rotatable bonds is 2. The molecular formula is C17H13ClN4O. The molecule has 6 heteroatoms. The van der Waals surface area contributed by atoms with Crippen molar-refractivity contribution in [2.45, 2.75) is 6.92 Å². The topological polar surface area (TPSA) is 56.7 Å². The number of pyridine rings is 1. The summed E-state index contributed by atoms with van der Waals surface area (Å²) in [6.07, 6.45) is 3.56. The number of halogens is 1. The van der Waals surface area contributed by atoms with Crippen molar-refractivity contribution in [3.8, 4) is 0 Å². The number of benzene rings is 1. The second-order valence-electron chi connectivity index (χ2n) is 5.33. The molecule has 0 atom stereocenters. The molecule has 1 aromatic carbocycles. The summed E-state index contributed by atoms with van der Waals surface area (Å²) in [6.45, 7) is 1.96. The predicted molar refractivity (Wildman–Crippen MR) is 91.0 cm³/mol. The molecule has 0 aliphatic heterocycles. The average molecular weight is 325 g/mol. The molecule has 0 N–H and O–H groups in total. The molecule has 5 nitrogen and oxygen atoms in total. The first-order valence-electron chi connectivity index (χ1n) is 7.14. The molecule has 4 aromatic rings. The summed E-state index contributed by atoms with van der Waals surface area (Å²) in [6, 6.07) is 9.57. The summed E-state index contributed by atoms with van der Waals surface area (Å²) in [5.74, 6) is 0.399. The minimum absolute atomic E-state index is 0.399. The van der Waals surface area contributed by atoms with Crippen molar-refractivity contribution < 1.29 is 4.42 Å². The Morgan fingerprint density at radius 2 is 2.13 bits per heavy atom. The van der Waals surface area contributed by atoms with E-state index in [4.69, 9.17) is 16.0 Å². The second kappa shape index (κ2) is 5.21. The standard InChI is InChI=1S/C17H13ClN4O/c1-10-12-7-11(9-19-16(12)22(2)21-10)8-13(18)17-20-14-5-3-4-6-15(14)23-17/h3-9H,1-2H3/b13-8+. The van der Waals surface area contributed by atoms with E-state index in [1.807, 2.05) is 44.3 Å². The largest absolute Gasteiger partial charge is 0.435 e. The zero-order valence-electron chi connectivity index (χ0n) is 12.6. The monoisotopic (exact) mass is 324 g/mol. The SMILES string of the molecule is Cc1nn(C)c2ncc(/C=C(/Cl)c3nc4ccccc4o3)cc12. The highest BCUT2D eigenvalue weighted by Crippen LogP contribution is 2.26. The first-order chi connectivity index (χ1) is 11.1. The van der Waals surface area contributed by atoms with Gasteiger partial charge in [-0.15, -0.1) is 0 Å². The van der Waals surface area contributed by atoms with Gasteiger partial charge in [0.25, 0.3) is 0 Å². The smallest absolute Gasteiger partial charge is 0.238 e. The summed E-state index contributed by atoms with van der Waals surface area (Å²) >= 11 is 6.36. The molecule has 0 spiro atoms. The van der Waals surface area contributed by atoms with Gasteiger partial charge >= 0.3 is 0 Å². The number of hydrogen-bond donors (Lipinski definition) is 0. The van der Waals surface area contributed by atoms with Crippen LogP contribution in [0.2, 0.25) is 0 Å².